The fraction of sp³-hybridized carbons (Fsp3) is 0.417. The zero-order valence-corrected chi connectivity index (χ0v) is 12.1. The fourth-order valence-electron chi connectivity index (χ4n) is 2.25. The van der Waals surface area contributed by atoms with Crippen LogP contribution in [0.3, 0.4) is 0 Å². The average molecular weight is 321 g/mol. The fourth-order valence-corrected chi connectivity index (χ4v) is 4.19. The van der Waals surface area contributed by atoms with E-state index in [0.717, 1.165) is 28.9 Å². The monoisotopic (exact) mass is 320 g/mol. The van der Waals surface area contributed by atoms with Crippen molar-refractivity contribution in [2.75, 3.05) is 6.54 Å². The smallest absolute Gasteiger partial charge is 0.243 e. The first kappa shape index (κ1) is 15.2. The number of carbonyl (C=O) groups is 1. The molecule has 5 nitrogen and oxygen atoms in total. The third-order valence-electron chi connectivity index (χ3n) is 3.28. The molecule has 0 unspecified atom stereocenters. The maximum Gasteiger partial charge on any atom is 0.243 e. The molecule has 1 heterocycles. The van der Waals surface area contributed by atoms with E-state index in [1.165, 1.54) is 0 Å². The van der Waals surface area contributed by atoms with E-state index < -0.39 is 27.8 Å². The van der Waals surface area contributed by atoms with Gasteiger partial charge in [0.1, 0.15) is 11.9 Å². The van der Waals surface area contributed by atoms with Crippen LogP contribution in [0, 0.1) is 5.82 Å². The summed E-state index contributed by atoms with van der Waals surface area (Å²) in [6, 6.07) is 2.29. The molecule has 110 valence electrons. The Morgan fingerprint density at radius 2 is 2.10 bits per heavy atom. The van der Waals surface area contributed by atoms with E-state index >= 15 is 0 Å². The molecule has 0 saturated carbocycles. The van der Waals surface area contributed by atoms with Gasteiger partial charge in [0.25, 0.3) is 0 Å². The molecule has 1 amide bonds. The Bertz CT molecular complexity index is 636. The van der Waals surface area contributed by atoms with Crippen molar-refractivity contribution < 1.29 is 17.6 Å². The lowest BCUT2D eigenvalue weighted by Gasteiger charge is -2.32. The van der Waals surface area contributed by atoms with Crippen LogP contribution in [-0.2, 0) is 14.8 Å². The highest BCUT2D eigenvalue weighted by molar-refractivity contribution is 7.89. The first-order valence-electron chi connectivity index (χ1n) is 6.10. The van der Waals surface area contributed by atoms with Crippen molar-refractivity contribution in [2.45, 2.75) is 30.2 Å². The maximum atomic E-state index is 13.1. The molecule has 0 aliphatic carbocycles. The van der Waals surface area contributed by atoms with E-state index in [2.05, 4.69) is 0 Å². The highest BCUT2D eigenvalue weighted by Gasteiger charge is 2.36. The number of piperidine rings is 1. The van der Waals surface area contributed by atoms with Crippen LogP contribution < -0.4 is 5.73 Å². The zero-order chi connectivity index (χ0) is 14.9. The van der Waals surface area contributed by atoms with Crippen molar-refractivity contribution in [1.29, 1.82) is 0 Å². The van der Waals surface area contributed by atoms with Crippen LogP contribution in [0.15, 0.2) is 23.1 Å². The van der Waals surface area contributed by atoms with E-state index in [0.29, 0.717) is 12.8 Å². The lowest BCUT2D eigenvalue weighted by atomic mass is 10.0. The number of nitrogens with two attached hydrogens (primary N) is 1. The molecule has 0 spiro atoms. The summed E-state index contributed by atoms with van der Waals surface area (Å²) in [5.74, 6) is -1.38. The van der Waals surface area contributed by atoms with Gasteiger partial charge >= 0.3 is 0 Å². The molecule has 0 aromatic heterocycles. The van der Waals surface area contributed by atoms with Crippen LogP contribution in [0.25, 0.3) is 0 Å². The molecule has 1 saturated heterocycles. The van der Waals surface area contributed by atoms with Crippen LogP contribution in [0.4, 0.5) is 4.39 Å². The molecular formula is C12H14ClFN2O3S. The third-order valence-corrected chi connectivity index (χ3v) is 5.47. The molecule has 0 bridgehead atoms. The van der Waals surface area contributed by atoms with Crippen LogP contribution in [0.1, 0.15) is 19.3 Å². The van der Waals surface area contributed by atoms with Gasteiger partial charge in [-0.3, -0.25) is 4.79 Å². The number of nitrogens with zero attached hydrogens (tertiary/aromatic N) is 1. The predicted molar refractivity (Wildman–Crippen MR) is 72.1 cm³/mol. The number of hydrogen-bond acceptors (Lipinski definition) is 3. The Hall–Kier alpha value is -1.18. The highest BCUT2D eigenvalue weighted by atomic mass is 35.5. The summed E-state index contributed by atoms with van der Waals surface area (Å²) in [6.07, 6.45) is 1.78. The molecule has 2 rings (SSSR count). The second-order valence-corrected chi connectivity index (χ2v) is 6.90. The molecular weight excluding hydrogens is 307 g/mol. The number of benzene rings is 1. The zero-order valence-electron chi connectivity index (χ0n) is 10.6. The molecule has 8 heteroatoms. The van der Waals surface area contributed by atoms with E-state index in [4.69, 9.17) is 17.3 Å². The number of halogens is 2. The molecule has 0 radical (unpaired) electrons. The summed E-state index contributed by atoms with van der Waals surface area (Å²) in [5.41, 5.74) is 5.26. The topological polar surface area (TPSA) is 80.5 Å². The lowest BCUT2D eigenvalue weighted by Crippen LogP contribution is -2.50. The quantitative estimate of drug-likeness (QED) is 0.916. The predicted octanol–water partition coefficient (Wildman–Crippen LogP) is 1.51. The number of primary amides is 1. The van der Waals surface area contributed by atoms with Crippen molar-refractivity contribution in [3.05, 3.63) is 29.0 Å². The summed E-state index contributed by atoms with van der Waals surface area (Å²) < 4.78 is 39.2. The van der Waals surface area contributed by atoms with Gasteiger partial charge < -0.3 is 5.73 Å². The third kappa shape index (κ3) is 2.79. The summed E-state index contributed by atoms with van der Waals surface area (Å²) in [7, 11) is -3.91. The van der Waals surface area contributed by atoms with Gasteiger partial charge in [0.05, 0.1) is 9.92 Å². The Kier molecular flexibility index (Phi) is 4.31. The Morgan fingerprint density at radius 1 is 1.40 bits per heavy atom. The summed E-state index contributed by atoms with van der Waals surface area (Å²) in [4.78, 5) is 11.3. The molecule has 1 atom stereocenters. The van der Waals surface area contributed by atoms with Crippen LogP contribution in [0.5, 0.6) is 0 Å². The Balaban J connectivity index is 2.42. The van der Waals surface area contributed by atoms with Gasteiger partial charge in [-0.05, 0) is 31.0 Å². The number of rotatable bonds is 3. The lowest BCUT2D eigenvalue weighted by molar-refractivity contribution is -0.122. The molecule has 20 heavy (non-hydrogen) atoms. The Morgan fingerprint density at radius 3 is 2.70 bits per heavy atom. The van der Waals surface area contributed by atoms with E-state index in [-0.39, 0.29) is 16.5 Å². The van der Waals surface area contributed by atoms with Gasteiger partial charge in [-0.15, -0.1) is 0 Å². The highest BCUT2D eigenvalue weighted by Crippen LogP contribution is 2.27. The SMILES string of the molecule is NC(=O)[C@@H]1CCCCN1S(=O)(=O)c1ccc(F)c(Cl)c1. The minimum atomic E-state index is -3.91. The molecule has 1 aromatic rings. The number of sulfonamides is 1. The summed E-state index contributed by atoms with van der Waals surface area (Å²) >= 11 is 5.61. The second-order valence-electron chi connectivity index (χ2n) is 4.61. The number of hydrogen-bond donors (Lipinski definition) is 1. The number of carbonyl (C=O) groups excluding carboxylic acids is 1. The van der Waals surface area contributed by atoms with E-state index in [9.17, 15) is 17.6 Å². The van der Waals surface area contributed by atoms with Crippen LogP contribution in [-0.4, -0.2) is 31.2 Å². The van der Waals surface area contributed by atoms with Crippen LogP contribution >= 0.6 is 11.6 Å². The van der Waals surface area contributed by atoms with Gasteiger partial charge in [-0.1, -0.05) is 18.0 Å². The maximum absolute atomic E-state index is 13.1. The normalized spacial score (nSPS) is 20.8. The molecule has 1 fully saturated rings. The van der Waals surface area contributed by atoms with Gasteiger partial charge in [-0.2, -0.15) is 4.31 Å². The van der Waals surface area contributed by atoms with Gasteiger partial charge in [0.15, 0.2) is 0 Å². The molecule has 1 aromatic carbocycles. The van der Waals surface area contributed by atoms with Gasteiger partial charge in [-0.25, -0.2) is 12.8 Å². The molecule has 2 N–H and O–H groups in total. The van der Waals surface area contributed by atoms with Crippen molar-refractivity contribution >= 4 is 27.5 Å². The molecule has 1 aliphatic heterocycles. The van der Waals surface area contributed by atoms with Gasteiger partial charge in [0, 0.05) is 6.54 Å². The molecule has 1 aliphatic rings. The first-order chi connectivity index (χ1) is 9.34. The minimum Gasteiger partial charge on any atom is -0.368 e. The van der Waals surface area contributed by atoms with Crippen molar-refractivity contribution in [2.24, 2.45) is 5.73 Å². The van der Waals surface area contributed by atoms with Crippen LogP contribution in [0.2, 0.25) is 5.02 Å². The average Bonchev–Trinajstić information content (AvgIpc) is 2.41. The standard InChI is InChI=1S/C12H14ClFN2O3S/c13-9-7-8(4-5-10(9)14)20(18,19)16-6-2-1-3-11(16)12(15)17/h4-5,7,11H,1-3,6H2,(H2,15,17)/t11-/m0/s1. The summed E-state index contributed by atoms with van der Waals surface area (Å²) in [5, 5.41) is -0.279. The van der Waals surface area contributed by atoms with E-state index in [1.807, 2.05) is 0 Å². The van der Waals surface area contributed by atoms with Crippen molar-refractivity contribution in [3.63, 3.8) is 0 Å². The minimum absolute atomic E-state index is 0.142. The van der Waals surface area contributed by atoms with Crippen molar-refractivity contribution in [3.8, 4) is 0 Å². The van der Waals surface area contributed by atoms with Gasteiger partial charge in [0.2, 0.25) is 15.9 Å². The Labute approximate surface area is 121 Å². The van der Waals surface area contributed by atoms with E-state index in [1.54, 1.807) is 0 Å². The first-order valence-corrected chi connectivity index (χ1v) is 7.92. The summed E-state index contributed by atoms with van der Waals surface area (Å²) in [6.45, 7) is 0.213. The number of amides is 1. The second kappa shape index (κ2) is 5.67. The largest absolute Gasteiger partial charge is 0.368 e. The van der Waals surface area contributed by atoms with Crippen molar-refractivity contribution in [1.82, 2.24) is 4.31 Å².